The number of nitrogens with one attached hydrogen (secondary N) is 1. The molecule has 2 rings (SSSR count). The second-order valence-corrected chi connectivity index (χ2v) is 5.83. The number of esters is 1. The molecule has 0 saturated heterocycles. The van der Waals surface area contributed by atoms with Gasteiger partial charge in [-0.05, 0) is 37.8 Å². The van der Waals surface area contributed by atoms with Crippen molar-refractivity contribution in [1.82, 2.24) is 5.32 Å². The maximum absolute atomic E-state index is 11.5. The van der Waals surface area contributed by atoms with Crippen LogP contribution in [0.2, 0.25) is 0 Å². The number of ether oxygens (including phenoxy) is 1. The predicted molar refractivity (Wildman–Crippen MR) is 77.6 cm³/mol. The Balaban J connectivity index is 1.83. The highest BCUT2D eigenvalue weighted by Gasteiger charge is 2.21. The molecular formula is C16H25NO3. The molecule has 1 fully saturated rings. The van der Waals surface area contributed by atoms with Gasteiger partial charge < -0.3 is 14.5 Å². The molecule has 2 unspecified atom stereocenters. The van der Waals surface area contributed by atoms with E-state index in [1.54, 1.807) is 13.0 Å². The zero-order valence-electron chi connectivity index (χ0n) is 12.7. The van der Waals surface area contributed by atoms with E-state index in [2.05, 4.69) is 12.2 Å². The average Bonchev–Trinajstić information content (AvgIpc) is 2.81. The van der Waals surface area contributed by atoms with Crippen molar-refractivity contribution in [3.8, 4) is 0 Å². The van der Waals surface area contributed by atoms with Gasteiger partial charge in [-0.3, -0.25) is 0 Å². The Labute approximate surface area is 120 Å². The summed E-state index contributed by atoms with van der Waals surface area (Å²) in [4.78, 5) is 11.5. The van der Waals surface area contributed by atoms with Crippen molar-refractivity contribution in [2.24, 2.45) is 11.8 Å². The zero-order chi connectivity index (χ0) is 14.5. The van der Waals surface area contributed by atoms with Gasteiger partial charge in [0.15, 0.2) is 0 Å². The molecule has 0 aliphatic heterocycles. The molecule has 1 aliphatic rings. The third-order valence-corrected chi connectivity index (χ3v) is 4.37. The average molecular weight is 279 g/mol. The number of methoxy groups -OCH3 is 1. The minimum Gasteiger partial charge on any atom is -0.465 e. The van der Waals surface area contributed by atoms with Crippen LogP contribution in [0.4, 0.5) is 0 Å². The van der Waals surface area contributed by atoms with Crippen LogP contribution in [0.1, 0.15) is 54.5 Å². The molecule has 20 heavy (non-hydrogen) atoms. The maximum Gasteiger partial charge on any atom is 0.341 e. The fourth-order valence-corrected chi connectivity index (χ4v) is 3.02. The van der Waals surface area contributed by atoms with Gasteiger partial charge in [0.1, 0.15) is 17.1 Å². The Morgan fingerprint density at radius 3 is 2.90 bits per heavy atom. The summed E-state index contributed by atoms with van der Waals surface area (Å²) in [6.45, 7) is 5.83. The Bertz CT molecular complexity index is 453. The first-order chi connectivity index (χ1) is 9.61. The summed E-state index contributed by atoms with van der Waals surface area (Å²) in [6.07, 6.45) is 5.39. The molecule has 1 aromatic rings. The van der Waals surface area contributed by atoms with Crippen LogP contribution in [-0.2, 0) is 11.3 Å². The number of carbonyl (C=O) groups is 1. The fourth-order valence-electron chi connectivity index (χ4n) is 3.02. The predicted octanol–water partition coefficient (Wildman–Crippen LogP) is 3.29. The molecule has 1 heterocycles. The van der Waals surface area contributed by atoms with E-state index in [0.29, 0.717) is 17.9 Å². The topological polar surface area (TPSA) is 51.5 Å². The van der Waals surface area contributed by atoms with E-state index >= 15 is 0 Å². The summed E-state index contributed by atoms with van der Waals surface area (Å²) < 4.78 is 10.3. The maximum atomic E-state index is 11.5. The molecule has 112 valence electrons. The SMILES string of the molecule is COC(=O)c1cc(CNCC2CCCCC2C)oc1C. The second kappa shape index (κ2) is 6.93. The highest BCUT2D eigenvalue weighted by atomic mass is 16.5. The van der Waals surface area contributed by atoms with Crippen molar-refractivity contribution in [2.75, 3.05) is 13.7 Å². The summed E-state index contributed by atoms with van der Waals surface area (Å²) in [5.41, 5.74) is 0.523. The quantitative estimate of drug-likeness (QED) is 0.840. The van der Waals surface area contributed by atoms with Crippen LogP contribution in [0.5, 0.6) is 0 Å². The van der Waals surface area contributed by atoms with Crippen LogP contribution in [0.25, 0.3) is 0 Å². The Hall–Kier alpha value is -1.29. The van der Waals surface area contributed by atoms with Crippen molar-refractivity contribution in [1.29, 1.82) is 0 Å². The summed E-state index contributed by atoms with van der Waals surface area (Å²) in [7, 11) is 1.39. The molecule has 0 spiro atoms. The molecule has 0 bridgehead atoms. The van der Waals surface area contributed by atoms with E-state index in [1.165, 1.54) is 32.8 Å². The number of aryl methyl sites for hydroxylation is 1. The van der Waals surface area contributed by atoms with Gasteiger partial charge in [0, 0.05) is 0 Å². The largest absolute Gasteiger partial charge is 0.465 e. The standard InChI is InChI=1S/C16H25NO3/c1-11-6-4-5-7-13(11)9-17-10-14-8-15(12(2)20-14)16(18)19-3/h8,11,13,17H,4-7,9-10H2,1-3H3. The Morgan fingerprint density at radius 2 is 2.20 bits per heavy atom. The van der Waals surface area contributed by atoms with Crippen molar-refractivity contribution >= 4 is 5.97 Å². The smallest absolute Gasteiger partial charge is 0.341 e. The van der Waals surface area contributed by atoms with Crippen LogP contribution in [0.3, 0.4) is 0 Å². The number of hydrogen-bond acceptors (Lipinski definition) is 4. The Morgan fingerprint density at radius 1 is 1.45 bits per heavy atom. The first kappa shape index (κ1) is 15.1. The molecule has 1 aromatic heterocycles. The van der Waals surface area contributed by atoms with E-state index in [1.807, 2.05) is 0 Å². The molecule has 1 saturated carbocycles. The van der Waals surface area contributed by atoms with Crippen LogP contribution in [0, 0.1) is 18.8 Å². The lowest BCUT2D eigenvalue weighted by molar-refractivity contribution is 0.0599. The minimum absolute atomic E-state index is 0.335. The lowest BCUT2D eigenvalue weighted by Gasteiger charge is -2.28. The van der Waals surface area contributed by atoms with Crippen LogP contribution < -0.4 is 5.32 Å². The van der Waals surface area contributed by atoms with E-state index in [0.717, 1.165) is 24.1 Å². The van der Waals surface area contributed by atoms with E-state index in [9.17, 15) is 4.79 Å². The van der Waals surface area contributed by atoms with Gasteiger partial charge >= 0.3 is 5.97 Å². The summed E-state index contributed by atoms with van der Waals surface area (Å²) in [5.74, 6) is 2.66. The number of rotatable bonds is 5. The highest BCUT2D eigenvalue weighted by molar-refractivity contribution is 5.90. The van der Waals surface area contributed by atoms with Gasteiger partial charge in [-0.25, -0.2) is 4.79 Å². The van der Waals surface area contributed by atoms with Crippen molar-refractivity contribution in [2.45, 2.75) is 46.1 Å². The summed E-state index contributed by atoms with van der Waals surface area (Å²) >= 11 is 0. The zero-order valence-corrected chi connectivity index (χ0v) is 12.7. The van der Waals surface area contributed by atoms with Crippen LogP contribution in [-0.4, -0.2) is 19.6 Å². The monoisotopic (exact) mass is 279 g/mol. The molecule has 0 aromatic carbocycles. The number of carbonyl (C=O) groups excluding carboxylic acids is 1. The first-order valence-corrected chi connectivity index (χ1v) is 7.50. The molecule has 4 nitrogen and oxygen atoms in total. The lowest BCUT2D eigenvalue weighted by Crippen LogP contribution is -2.28. The second-order valence-electron chi connectivity index (χ2n) is 5.83. The molecule has 1 N–H and O–H groups in total. The van der Waals surface area contributed by atoms with Gasteiger partial charge in [-0.1, -0.05) is 26.2 Å². The van der Waals surface area contributed by atoms with Gasteiger partial charge in [0.2, 0.25) is 0 Å². The molecular weight excluding hydrogens is 254 g/mol. The summed E-state index contributed by atoms with van der Waals surface area (Å²) in [5, 5.41) is 3.45. The van der Waals surface area contributed by atoms with Crippen LogP contribution in [0.15, 0.2) is 10.5 Å². The van der Waals surface area contributed by atoms with Crippen LogP contribution >= 0.6 is 0 Å². The van der Waals surface area contributed by atoms with Crippen molar-refractivity contribution in [3.05, 3.63) is 23.2 Å². The van der Waals surface area contributed by atoms with Crippen molar-refractivity contribution in [3.63, 3.8) is 0 Å². The first-order valence-electron chi connectivity index (χ1n) is 7.50. The molecule has 2 atom stereocenters. The Kier molecular flexibility index (Phi) is 5.24. The van der Waals surface area contributed by atoms with E-state index in [4.69, 9.17) is 9.15 Å². The summed E-state index contributed by atoms with van der Waals surface area (Å²) in [6, 6.07) is 1.78. The molecule has 0 amide bonds. The third kappa shape index (κ3) is 3.63. The number of hydrogen-bond donors (Lipinski definition) is 1. The minimum atomic E-state index is -0.335. The van der Waals surface area contributed by atoms with Crippen molar-refractivity contribution < 1.29 is 13.9 Å². The normalized spacial score (nSPS) is 22.8. The van der Waals surface area contributed by atoms with Gasteiger partial charge in [-0.2, -0.15) is 0 Å². The van der Waals surface area contributed by atoms with Gasteiger partial charge in [-0.15, -0.1) is 0 Å². The van der Waals surface area contributed by atoms with Gasteiger partial charge in [0.25, 0.3) is 0 Å². The molecule has 1 aliphatic carbocycles. The highest BCUT2D eigenvalue weighted by Crippen LogP contribution is 2.29. The fraction of sp³-hybridized carbons (Fsp3) is 0.688. The number of furan rings is 1. The lowest BCUT2D eigenvalue weighted by atomic mass is 9.80. The van der Waals surface area contributed by atoms with E-state index < -0.39 is 0 Å². The molecule has 4 heteroatoms. The van der Waals surface area contributed by atoms with Gasteiger partial charge in [0.05, 0.1) is 13.7 Å². The molecule has 0 radical (unpaired) electrons. The van der Waals surface area contributed by atoms with E-state index in [-0.39, 0.29) is 5.97 Å². The third-order valence-electron chi connectivity index (χ3n) is 4.37.